The minimum absolute atomic E-state index is 0.116. The number of carbonyl (C=O) groups is 2. The highest BCUT2D eigenvalue weighted by Gasteiger charge is 2.25. The summed E-state index contributed by atoms with van der Waals surface area (Å²) in [6.07, 6.45) is 3.39. The number of esters is 1. The lowest BCUT2D eigenvalue weighted by Crippen LogP contribution is -2.42. The lowest BCUT2D eigenvalue weighted by molar-refractivity contribution is -0.142. The van der Waals surface area contributed by atoms with E-state index in [2.05, 4.69) is 9.84 Å². The second-order valence-electron chi connectivity index (χ2n) is 6.30. The van der Waals surface area contributed by atoms with Gasteiger partial charge >= 0.3 is 5.97 Å². The normalized spacial score (nSPS) is 15.0. The molecular formula is C18H21N3O5. The van der Waals surface area contributed by atoms with Crippen molar-refractivity contribution in [1.29, 1.82) is 0 Å². The van der Waals surface area contributed by atoms with Gasteiger partial charge < -0.3 is 14.1 Å². The van der Waals surface area contributed by atoms with Gasteiger partial charge in [0.1, 0.15) is 12.2 Å². The van der Waals surface area contributed by atoms with Gasteiger partial charge in [-0.2, -0.15) is 5.10 Å². The predicted molar refractivity (Wildman–Crippen MR) is 92.1 cm³/mol. The first-order valence-electron chi connectivity index (χ1n) is 8.53. The average Bonchev–Trinajstić information content (AvgIpc) is 3.18. The van der Waals surface area contributed by atoms with Gasteiger partial charge in [0.15, 0.2) is 5.76 Å². The third-order valence-corrected chi connectivity index (χ3v) is 4.58. The number of nitrogens with zero attached hydrogens (tertiary/aromatic N) is 3. The van der Waals surface area contributed by atoms with E-state index >= 15 is 0 Å². The van der Waals surface area contributed by atoms with Crippen LogP contribution in [0, 0.1) is 5.92 Å². The summed E-state index contributed by atoms with van der Waals surface area (Å²) >= 11 is 0. The maximum absolute atomic E-state index is 12.5. The van der Waals surface area contributed by atoms with Gasteiger partial charge in [0, 0.05) is 25.6 Å². The van der Waals surface area contributed by atoms with Gasteiger partial charge in [-0.05, 0) is 37.0 Å². The monoisotopic (exact) mass is 359 g/mol. The Hall–Kier alpha value is -2.90. The van der Waals surface area contributed by atoms with Gasteiger partial charge in [0.2, 0.25) is 5.91 Å². The molecule has 0 aliphatic carbocycles. The van der Waals surface area contributed by atoms with Crippen LogP contribution in [0.4, 0.5) is 0 Å². The van der Waals surface area contributed by atoms with Crippen LogP contribution in [0.5, 0.6) is 0 Å². The second-order valence-corrected chi connectivity index (χ2v) is 6.30. The van der Waals surface area contributed by atoms with E-state index < -0.39 is 0 Å². The van der Waals surface area contributed by atoms with Gasteiger partial charge in [-0.3, -0.25) is 14.4 Å². The predicted octanol–water partition coefficient (Wildman–Crippen LogP) is 1.30. The highest BCUT2D eigenvalue weighted by atomic mass is 16.5. The minimum atomic E-state index is -0.339. The molecule has 2 aromatic heterocycles. The van der Waals surface area contributed by atoms with E-state index in [1.165, 1.54) is 19.4 Å². The topological polar surface area (TPSA) is 94.6 Å². The molecule has 0 saturated carbocycles. The standard InChI is InChI=1S/C18H21N3O5/c1-25-18(24)11-13-6-8-20(9-7-13)17(23)12-21-16(22)5-4-14(19-21)15-3-2-10-26-15/h2-5,10,13H,6-9,11-12H2,1H3. The van der Waals surface area contributed by atoms with Crippen LogP contribution in [0.3, 0.4) is 0 Å². The molecule has 0 N–H and O–H groups in total. The van der Waals surface area contributed by atoms with Crippen LogP contribution in [-0.2, 0) is 20.9 Å². The zero-order valence-corrected chi connectivity index (χ0v) is 14.6. The Morgan fingerprint density at radius 3 is 2.69 bits per heavy atom. The largest absolute Gasteiger partial charge is 0.469 e. The van der Waals surface area contributed by atoms with Crippen LogP contribution in [0.1, 0.15) is 19.3 Å². The molecule has 1 saturated heterocycles. The molecule has 0 radical (unpaired) electrons. The molecule has 1 aliphatic heterocycles. The summed E-state index contributed by atoms with van der Waals surface area (Å²) in [7, 11) is 1.38. The lowest BCUT2D eigenvalue weighted by Gasteiger charge is -2.31. The van der Waals surface area contributed by atoms with Crippen LogP contribution in [0.15, 0.2) is 39.7 Å². The zero-order valence-electron chi connectivity index (χ0n) is 14.6. The van der Waals surface area contributed by atoms with Crippen LogP contribution in [0.2, 0.25) is 0 Å². The van der Waals surface area contributed by atoms with Crippen molar-refractivity contribution >= 4 is 11.9 Å². The van der Waals surface area contributed by atoms with Crippen molar-refractivity contribution < 1.29 is 18.7 Å². The van der Waals surface area contributed by atoms with Crippen LogP contribution >= 0.6 is 0 Å². The molecule has 1 fully saturated rings. The zero-order chi connectivity index (χ0) is 18.5. The number of aromatic nitrogens is 2. The Labute approximate surface area is 150 Å². The highest BCUT2D eigenvalue weighted by Crippen LogP contribution is 2.21. The number of rotatable bonds is 5. The molecule has 3 rings (SSSR count). The molecule has 0 unspecified atom stereocenters. The molecule has 0 aromatic carbocycles. The number of furan rings is 1. The third-order valence-electron chi connectivity index (χ3n) is 4.58. The summed E-state index contributed by atoms with van der Waals surface area (Å²) in [4.78, 5) is 37.6. The maximum atomic E-state index is 12.5. The summed E-state index contributed by atoms with van der Waals surface area (Å²) in [5.74, 6) is 0.387. The molecule has 1 amide bonds. The van der Waals surface area contributed by atoms with E-state index in [0.717, 1.165) is 17.5 Å². The van der Waals surface area contributed by atoms with Gasteiger partial charge in [0.25, 0.3) is 5.56 Å². The first-order valence-corrected chi connectivity index (χ1v) is 8.53. The third kappa shape index (κ3) is 4.19. The fourth-order valence-electron chi connectivity index (χ4n) is 3.05. The molecule has 1 aliphatic rings. The van der Waals surface area contributed by atoms with Crippen LogP contribution < -0.4 is 5.56 Å². The van der Waals surface area contributed by atoms with Crippen molar-refractivity contribution in [1.82, 2.24) is 14.7 Å². The SMILES string of the molecule is COC(=O)CC1CCN(C(=O)Cn2nc(-c3ccco3)ccc2=O)CC1. The van der Waals surface area contributed by atoms with Crippen molar-refractivity contribution in [2.45, 2.75) is 25.8 Å². The number of hydrogen-bond donors (Lipinski definition) is 0. The van der Waals surface area contributed by atoms with Crippen molar-refractivity contribution in [2.75, 3.05) is 20.2 Å². The number of piperidine rings is 1. The molecule has 0 spiro atoms. The van der Waals surface area contributed by atoms with E-state index in [0.29, 0.717) is 31.0 Å². The molecule has 0 atom stereocenters. The summed E-state index contributed by atoms with van der Waals surface area (Å²) in [5, 5.41) is 4.22. The Morgan fingerprint density at radius 1 is 1.27 bits per heavy atom. The lowest BCUT2D eigenvalue weighted by atomic mass is 9.93. The first kappa shape index (κ1) is 17.9. The number of carbonyl (C=O) groups excluding carboxylic acids is 2. The number of methoxy groups -OCH3 is 1. The van der Waals surface area contributed by atoms with Crippen LogP contribution in [-0.4, -0.2) is 46.8 Å². The second kappa shape index (κ2) is 7.99. The fraction of sp³-hybridized carbons (Fsp3) is 0.444. The smallest absolute Gasteiger partial charge is 0.305 e. The minimum Gasteiger partial charge on any atom is -0.469 e. The average molecular weight is 359 g/mol. The van der Waals surface area contributed by atoms with Crippen molar-refractivity contribution in [3.05, 3.63) is 40.9 Å². The first-order chi connectivity index (χ1) is 12.6. The number of ether oxygens (including phenoxy) is 1. The summed E-state index contributed by atoms with van der Waals surface area (Å²) in [6.45, 7) is 1.01. The van der Waals surface area contributed by atoms with Crippen molar-refractivity contribution in [3.63, 3.8) is 0 Å². The Bertz CT molecular complexity index is 820. The summed E-state index contributed by atoms with van der Waals surface area (Å²) < 4.78 is 11.1. The quantitative estimate of drug-likeness (QED) is 0.747. The highest BCUT2D eigenvalue weighted by molar-refractivity contribution is 5.76. The van der Waals surface area contributed by atoms with Gasteiger partial charge in [0.05, 0.1) is 13.4 Å². The Balaban J connectivity index is 1.61. The van der Waals surface area contributed by atoms with E-state index in [4.69, 9.17) is 4.42 Å². The number of likely N-dealkylation sites (tertiary alicyclic amines) is 1. The van der Waals surface area contributed by atoms with Gasteiger partial charge in [-0.15, -0.1) is 0 Å². The van der Waals surface area contributed by atoms with E-state index in [-0.39, 0.29) is 29.9 Å². The van der Waals surface area contributed by atoms with Crippen LogP contribution in [0.25, 0.3) is 11.5 Å². The molecule has 138 valence electrons. The number of amides is 1. The molecule has 0 bridgehead atoms. The molecule has 8 nitrogen and oxygen atoms in total. The Kier molecular flexibility index (Phi) is 5.50. The molecule has 8 heteroatoms. The van der Waals surface area contributed by atoms with E-state index in [1.54, 1.807) is 23.1 Å². The van der Waals surface area contributed by atoms with E-state index in [9.17, 15) is 14.4 Å². The molecule has 2 aromatic rings. The fourth-order valence-corrected chi connectivity index (χ4v) is 3.05. The molecular weight excluding hydrogens is 338 g/mol. The van der Waals surface area contributed by atoms with Gasteiger partial charge in [-0.1, -0.05) is 0 Å². The van der Waals surface area contributed by atoms with Crippen molar-refractivity contribution in [3.8, 4) is 11.5 Å². The summed E-state index contributed by atoms with van der Waals surface area (Å²) in [6, 6.07) is 6.42. The molecule has 26 heavy (non-hydrogen) atoms. The van der Waals surface area contributed by atoms with Crippen molar-refractivity contribution in [2.24, 2.45) is 5.92 Å². The summed E-state index contributed by atoms with van der Waals surface area (Å²) in [5.41, 5.74) is 0.161. The molecule has 3 heterocycles. The van der Waals surface area contributed by atoms with Gasteiger partial charge in [-0.25, -0.2) is 4.68 Å². The number of hydrogen-bond acceptors (Lipinski definition) is 6. The Morgan fingerprint density at radius 2 is 2.04 bits per heavy atom. The maximum Gasteiger partial charge on any atom is 0.305 e. The van der Waals surface area contributed by atoms with E-state index in [1.807, 2.05) is 0 Å².